The normalized spacial score (nSPS) is 25.5. The van der Waals surface area contributed by atoms with Gasteiger partial charge in [-0.2, -0.15) is 0 Å². The molecule has 1 amide bonds. The van der Waals surface area contributed by atoms with Gasteiger partial charge in [-0.25, -0.2) is 0 Å². The van der Waals surface area contributed by atoms with Crippen molar-refractivity contribution in [2.75, 3.05) is 19.8 Å². The van der Waals surface area contributed by atoms with Crippen LogP contribution in [0.1, 0.15) is 72.3 Å². The molecule has 2 rings (SSSR count). The second-order valence-corrected chi connectivity index (χ2v) is 10.0. The highest BCUT2D eigenvalue weighted by atomic mass is 16.5. The fourth-order valence-corrected chi connectivity index (χ4v) is 4.66. The first-order chi connectivity index (χ1) is 16.3. The van der Waals surface area contributed by atoms with E-state index in [0.29, 0.717) is 56.5 Å². The lowest BCUT2D eigenvalue weighted by Crippen LogP contribution is -2.42. The summed E-state index contributed by atoms with van der Waals surface area (Å²) in [6.07, 6.45) is 4.43. The van der Waals surface area contributed by atoms with Crippen LogP contribution in [0.2, 0.25) is 0 Å². The highest BCUT2D eigenvalue weighted by molar-refractivity contribution is 5.75. The lowest BCUT2D eigenvalue weighted by Gasteiger charge is -2.43. The summed E-state index contributed by atoms with van der Waals surface area (Å²) in [5, 5.41) is 2.97. The number of nitrogens with one attached hydrogen (secondary N) is 1. The van der Waals surface area contributed by atoms with Crippen LogP contribution in [-0.4, -0.2) is 43.8 Å². The number of esters is 1. The number of carbonyl (C=O) groups excluding carboxylic acids is 2. The van der Waals surface area contributed by atoms with E-state index in [2.05, 4.69) is 26.1 Å². The van der Waals surface area contributed by atoms with Gasteiger partial charge in [-0.15, -0.1) is 0 Å². The van der Waals surface area contributed by atoms with E-state index < -0.39 is 0 Å². The summed E-state index contributed by atoms with van der Waals surface area (Å²) in [5.41, 5.74) is 1.13. The Balaban J connectivity index is 1.55. The van der Waals surface area contributed by atoms with Gasteiger partial charge in [0.15, 0.2) is 0 Å². The van der Waals surface area contributed by atoms with Crippen LogP contribution in [0, 0.1) is 23.7 Å². The first-order valence-corrected chi connectivity index (χ1v) is 12.9. The molecule has 1 aliphatic rings. The number of unbranched alkanes of at least 4 members (excludes halogenated alkanes) is 2. The summed E-state index contributed by atoms with van der Waals surface area (Å²) < 4.78 is 17.3. The molecule has 0 aliphatic heterocycles. The smallest absolute Gasteiger partial charge is 0.302 e. The molecule has 0 aromatic heterocycles. The fourth-order valence-electron chi connectivity index (χ4n) is 4.66. The lowest BCUT2D eigenvalue weighted by molar-refractivity contribution is -0.146. The van der Waals surface area contributed by atoms with Crippen LogP contribution in [0.4, 0.5) is 0 Å². The molecule has 3 unspecified atom stereocenters. The van der Waals surface area contributed by atoms with Gasteiger partial charge in [-0.05, 0) is 55.4 Å². The van der Waals surface area contributed by atoms with E-state index in [1.807, 2.05) is 37.3 Å². The van der Waals surface area contributed by atoms with Gasteiger partial charge < -0.3 is 19.5 Å². The van der Waals surface area contributed by atoms with Crippen molar-refractivity contribution in [2.24, 2.45) is 23.7 Å². The van der Waals surface area contributed by atoms with E-state index in [9.17, 15) is 9.59 Å². The van der Waals surface area contributed by atoms with Crippen molar-refractivity contribution in [3.8, 4) is 0 Å². The molecular weight excluding hydrogens is 430 g/mol. The van der Waals surface area contributed by atoms with Crippen molar-refractivity contribution in [1.29, 1.82) is 0 Å². The summed E-state index contributed by atoms with van der Waals surface area (Å²) >= 11 is 0. The number of carbonyl (C=O) groups is 2. The zero-order valence-corrected chi connectivity index (χ0v) is 21.8. The molecule has 0 saturated heterocycles. The molecule has 1 saturated carbocycles. The van der Waals surface area contributed by atoms with Crippen LogP contribution >= 0.6 is 0 Å². The molecule has 6 nitrogen and oxygen atoms in total. The molecule has 0 heterocycles. The molecule has 1 aromatic rings. The molecular formula is C28H45NO5. The second kappa shape index (κ2) is 15.2. The van der Waals surface area contributed by atoms with Crippen LogP contribution in [0.3, 0.4) is 0 Å². The van der Waals surface area contributed by atoms with Crippen LogP contribution in [0.15, 0.2) is 30.3 Å². The predicted octanol–water partition coefficient (Wildman–Crippen LogP) is 5.14. The Labute approximate surface area is 206 Å². The molecule has 6 atom stereocenters. The fraction of sp³-hybridized carbons (Fsp3) is 0.714. The zero-order chi connectivity index (χ0) is 24.9. The number of hydrogen-bond acceptors (Lipinski definition) is 5. The summed E-state index contributed by atoms with van der Waals surface area (Å²) in [5.74, 6) is 1.74. The van der Waals surface area contributed by atoms with E-state index in [1.54, 1.807) is 0 Å². The third kappa shape index (κ3) is 10.1. The third-order valence-electron chi connectivity index (χ3n) is 7.37. The standard InChI is InChI=1S/C28H45NO5/c1-20(33-18-25-12-8-6-9-13-25)17-29-28(31)14-10-7-11-15-32-27-16-26(19-34-24(5)30)22(3)21(2)23(27)4/h6,8-9,12-13,20-23,26-27H,7,10-11,14-19H2,1-5H3,(H,29,31)/t20?,21-,22+,23?,26?,27+/m0/s1. The largest absolute Gasteiger partial charge is 0.466 e. The maximum Gasteiger partial charge on any atom is 0.302 e. The average Bonchev–Trinajstić information content (AvgIpc) is 2.83. The number of hydrogen-bond donors (Lipinski definition) is 1. The second-order valence-electron chi connectivity index (χ2n) is 10.0. The van der Waals surface area contributed by atoms with E-state index in [1.165, 1.54) is 6.92 Å². The molecule has 0 bridgehead atoms. The summed E-state index contributed by atoms with van der Waals surface area (Å²) in [6, 6.07) is 10.0. The van der Waals surface area contributed by atoms with Gasteiger partial charge in [0.1, 0.15) is 0 Å². The highest BCUT2D eigenvalue weighted by Crippen LogP contribution is 2.40. The van der Waals surface area contributed by atoms with Crippen molar-refractivity contribution in [3.63, 3.8) is 0 Å². The average molecular weight is 476 g/mol. The Bertz CT molecular complexity index is 725. The van der Waals surface area contributed by atoms with Gasteiger partial charge >= 0.3 is 5.97 Å². The molecule has 1 fully saturated rings. The predicted molar refractivity (Wildman–Crippen MR) is 134 cm³/mol. The van der Waals surface area contributed by atoms with Crippen molar-refractivity contribution in [3.05, 3.63) is 35.9 Å². The van der Waals surface area contributed by atoms with Gasteiger partial charge in [0.05, 0.1) is 25.4 Å². The third-order valence-corrected chi connectivity index (χ3v) is 7.37. The SMILES string of the molecule is CC(=O)OCC1C[C@@H](OCCCCCC(=O)NCC(C)OCc2ccccc2)C(C)[C@@H](C)[C@H]1C. The lowest BCUT2D eigenvalue weighted by atomic mass is 9.67. The first-order valence-electron chi connectivity index (χ1n) is 12.9. The molecule has 192 valence electrons. The van der Waals surface area contributed by atoms with Gasteiger partial charge in [-0.1, -0.05) is 57.5 Å². The highest BCUT2D eigenvalue weighted by Gasteiger charge is 2.39. The zero-order valence-electron chi connectivity index (χ0n) is 21.8. The number of benzene rings is 1. The topological polar surface area (TPSA) is 73.9 Å². The summed E-state index contributed by atoms with van der Waals surface area (Å²) in [6.45, 7) is 12.5. The van der Waals surface area contributed by atoms with Crippen LogP contribution in [0.5, 0.6) is 0 Å². The Morgan fingerprint density at radius 1 is 1.03 bits per heavy atom. The Kier molecular flexibility index (Phi) is 12.6. The van der Waals surface area contributed by atoms with Crippen molar-refractivity contribution >= 4 is 11.9 Å². The Morgan fingerprint density at radius 3 is 2.47 bits per heavy atom. The molecule has 0 radical (unpaired) electrons. The minimum Gasteiger partial charge on any atom is -0.466 e. The van der Waals surface area contributed by atoms with Gasteiger partial charge in [0, 0.05) is 26.5 Å². The van der Waals surface area contributed by atoms with Crippen molar-refractivity contribution in [2.45, 2.75) is 85.5 Å². The number of ether oxygens (including phenoxy) is 3. The molecule has 1 aromatic carbocycles. The van der Waals surface area contributed by atoms with E-state index >= 15 is 0 Å². The minimum atomic E-state index is -0.214. The minimum absolute atomic E-state index is 0.0233. The Hall–Kier alpha value is -1.92. The van der Waals surface area contributed by atoms with Crippen LogP contribution in [-0.2, 0) is 30.4 Å². The van der Waals surface area contributed by atoms with Crippen LogP contribution in [0.25, 0.3) is 0 Å². The van der Waals surface area contributed by atoms with E-state index in [0.717, 1.165) is 31.2 Å². The quantitative estimate of drug-likeness (QED) is 0.298. The number of amides is 1. The van der Waals surface area contributed by atoms with E-state index in [4.69, 9.17) is 14.2 Å². The van der Waals surface area contributed by atoms with Crippen molar-refractivity contribution in [1.82, 2.24) is 5.32 Å². The molecule has 0 spiro atoms. The maximum absolute atomic E-state index is 12.1. The molecule has 1 N–H and O–H groups in total. The van der Waals surface area contributed by atoms with Gasteiger partial charge in [0.2, 0.25) is 5.91 Å². The van der Waals surface area contributed by atoms with Gasteiger partial charge in [-0.3, -0.25) is 9.59 Å². The first kappa shape index (κ1) is 28.3. The number of rotatable bonds is 14. The van der Waals surface area contributed by atoms with Crippen LogP contribution < -0.4 is 5.32 Å². The van der Waals surface area contributed by atoms with Gasteiger partial charge in [0.25, 0.3) is 0 Å². The molecule has 1 aliphatic carbocycles. The summed E-state index contributed by atoms with van der Waals surface area (Å²) in [7, 11) is 0. The molecule has 6 heteroatoms. The monoisotopic (exact) mass is 475 g/mol. The van der Waals surface area contributed by atoms with Crippen molar-refractivity contribution < 1.29 is 23.8 Å². The Morgan fingerprint density at radius 2 is 1.76 bits per heavy atom. The summed E-state index contributed by atoms with van der Waals surface area (Å²) in [4.78, 5) is 23.3. The molecule has 34 heavy (non-hydrogen) atoms. The van der Waals surface area contributed by atoms with E-state index in [-0.39, 0.29) is 24.1 Å². The maximum atomic E-state index is 12.1.